The lowest BCUT2D eigenvalue weighted by molar-refractivity contribution is -0.383. The predicted molar refractivity (Wildman–Crippen MR) is 121 cm³/mol. The van der Waals surface area contributed by atoms with E-state index in [-0.39, 0.29) is 16.5 Å². The number of anilines is 3. The number of fused-ring (bicyclic) bond motifs is 1. The maximum Gasteiger partial charge on any atom is 0.354 e. The fourth-order valence-corrected chi connectivity index (χ4v) is 3.93. The van der Waals surface area contributed by atoms with E-state index in [4.69, 9.17) is 0 Å². The summed E-state index contributed by atoms with van der Waals surface area (Å²) in [6.07, 6.45) is 1.10. The Kier molecular flexibility index (Phi) is 5.67. The van der Waals surface area contributed by atoms with Crippen molar-refractivity contribution < 1.29 is 13.3 Å². The minimum Gasteiger partial charge on any atom is -0.334 e. The van der Waals surface area contributed by atoms with Gasteiger partial charge >= 0.3 is 5.69 Å². The molecular formula is C21H18N6O4S. The lowest BCUT2D eigenvalue weighted by Crippen LogP contribution is -2.30. The average Bonchev–Trinajstić information content (AvgIpc) is 2.78. The van der Waals surface area contributed by atoms with Crippen molar-refractivity contribution in [2.75, 3.05) is 10.7 Å². The van der Waals surface area contributed by atoms with Crippen LogP contribution in [-0.2, 0) is 10.0 Å². The highest BCUT2D eigenvalue weighted by molar-refractivity contribution is 7.89. The first kappa shape index (κ1) is 21.2. The van der Waals surface area contributed by atoms with E-state index in [1.54, 1.807) is 18.2 Å². The Hall–Kier alpha value is -4.09. The number of rotatable bonds is 7. The third-order valence-corrected chi connectivity index (χ3v) is 5.95. The van der Waals surface area contributed by atoms with Crippen LogP contribution in [0.5, 0.6) is 0 Å². The van der Waals surface area contributed by atoms with E-state index in [9.17, 15) is 18.5 Å². The van der Waals surface area contributed by atoms with E-state index in [0.717, 1.165) is 22.7 Å². The molecule has 4 rings (SSSR count). The van der Waals surface area contributed by atoms with Crippen molar-refractivity contribution in [2.24, 2.45) is 0 Å². The van der Waals surface area contributed by atoms with Crippen LogP contribution in [0.1, 0.15) is 5.56 Å². The zero-order valence-corrected chi connectivity index (χ0v) is 17.6. The van der Waals surface area contributed by atoms with Gasteiger partial charge in [0.25, 0.3) is 10.0 Å². The normalized spacial score (nSPS) is 11.3. The van der Waals surface area contributed by atoms with Crippen molar-refractivity contribution in [1.29, 1.82) is 0 Å². The van der Waals surface area contributed by atoms with Crippen LogP contribution in [0.15, 0.2) is 78.0 Å². The van der Waals surface area contributed by atoms with E-state index >= 15 is 0 Å². The fraction of sp³-hybridized carbons (Fsp3) is 0.0476. The van der Waals surface area contributed by atoms with Gasteiger partial charge in [0.1, 0.15) is 6.33 Å². The molecule has 0 aliphatic heterocycles. The Morgan fingerprint density at radius 3 is 2.34 bits per heavy atom. The summed E-state index contributed by atoms with van der Waals surface area (Å²) >= 11 is 0. The molecule has 10 nitrogen and oxygen atoms in total. The average molecular weight is 450 g/mol. The minimum atomic E-state index is -3.98. The zero-order chi connectivity index (χ0) is 22.7. The molecule has 0 aliphatic rings. The van der Waals surface area contributed by atoms with Gasteiger partial charge in [0, 0.05) is 11.1 Å². The Bertz CT molecular complexity index is 1400. The molecule has 4 aromatic rings. The molecule has 3 aromatic carbocycles. The molecule has 0 atom stereocenters. The van der Waals surface area contributed by atoms with Gasteiger partial charge in [0.2, 0.25) is 11.6 Å². The second-order valence-corrected chi connectivity index (χ2v) is 8.55. The highest BCUT2D eigenvalue weighted by Crippen LogP contribution is 2.33. The first-order valence-electron chi connectivity index (χ1n) is 9.44. The number of hydrogen-bond acceptors (Lipinski definition) is 8. The molecule has 0 saturated heterocycles. The van der Waals surface area contributed by atoms with Crippen molar-refractivity contribution in [3.8, 4) is 0 Å². The smallest absolute Gasteiger partial charge is 0.334 e. The quantitative estimate of drug-likeness (QED) is 0.285. The van der Waals surface area contributed by atoms with Crippen LogP contribution < -0.4 is 15.6 Å². The predicted octanol–water partition coefficient (Wildman–Crippen LogP) is 3.90. The van der Waals surface area contributed by atoms with E-state index in [1.165, 1.54) is 12.1 Å². The number of sulfonamides is 1. The molecule has 11 heteroatoms. The van der Waals surface area contributed by atoms with Gasteiger partial charge in [0.15, 0.2) is 0 Å². The molecule has 0 radical (unpaired) electrons. The molecule has 32 heavy (non-hydrogen) atoms. The Balaban J connectivity index is 1.65. The van der Waals surface area contributed by atoms with Gasteiger partial charge in [0.05, 0.1) is 9.82 Å². The van der Waals surface area contributed by atoms with Crippen LogP contribution in [-0.4, -0.2) is 23.3 Å². The molecular weight excluding hydrogens is 432 g/mol. The monoisotopic (exact) mass is 450 g/mol. The van der Waals surface area contributed by atoms with Crippen molar-refractivity contribution >= 4 is 43.8 Å². The van der Waals surface area contributed by atoms with Gasteiger partial charge in [-0.2, -0.15) is 0 Å². The number of aromatic nitrogens is 2. The van der Waals surface area contributed by atoms with Crippen LogP contribution in [0.25, 0.3) is 10.8 Å². The summed E-state index contributed by atoms with van der Waals surface area (Å²) < 4.78 is 25.0. The molecule has 0 fully saturated rings. The van der Waals surface area contributed by atoms with Gasteiger partial charge in [-0.1, -0.05) is 54.1 Å². The van der Waals surface area contributed by atoms with Gasteiger partial charge in [-0.05, 0) is 30.5 Å². The molecule has 0 unspecified atom stereocenters. The SMILES string of the molecule is Cc1ccc(S(=O)(=O)NNc2ncnc(Nc3cccc4ccccc34)c2[N+](=O)[O-])cc1. The number of hydrogen-bond donors (Lipinski definition) is 3. The molecule has 0 bridgehead atoms. The second kappa shape index (κ2) is 8.57. The van der Waals surface area contributed by atoms with Gasteiger partial charge in [-0.15, -0.1) is 4.83 Å². The van der Waals surface area contributed by atoms with Gasteiger partial charge < -0.3 is 5.32 Å². The fourth-order valence-electron chi connectivity index (χ4n) is 3.09. The highest BCUT2D eigenvalue weighted by Gasteiger charge is 2.25. The van der Waals surface area contributed by atoms with E-state index in [0.29, 0.717) is 5.69 Å². The van der Waals surface area contributed by atoms with Crippen molar-refractivity contribution in [3.63, 3.8) is 0 Å². The van der Waals surface area contributed by atoms with Gasteiger partial charge in [-0.3, -0.25) is 15.5 Å². The first-order valence-corrected chi connectivity index (χ1v) is 10.9. The van der Waals surface area contributed by atoms with E-state index < -0.39 is 20.6 Å². The maximum absolute atomic E-state index is 12.5. The summed E-state index contributed by atoms with van der Waals surface area (Å²) in [6, 6.07) is 19.2. The third kappa shape index (κ3) is 4.33. The zero-order valence-electron chi connectivity index (χ0n) is 16.8. The second-order valence-electron chi connectivity index (χ2n) is 6.87. The molecule has 0 amide bonds. The third-order valence-electron chi connectivity index (χ3n) is 4.68. The van der Waals surface area contributed by atoms with Crippen molar-refractivity contribution in [2.45, 2.75) is 11.8 Å². The van der Waals surface area contributed by atoms with Crippen LogP contribution >= 0.6 is 0 Å². The Morgan fingerprint density at radius 1 is 0.906 bits per heavy atom. The van der Waals surface area contributed by atoms with E-state index in [1.807, 2.05) is 43.3 Å². The summed E-state index contributed by atoms with van der Waals surface area (Å²) in [4.78, 5) is 21.1. The summed E-state index contributed by atoms with van der Waals surface area (Å²) in [6.45, 7) is 1.83. The lowest BCUT2D eigenvalue weighted by atomic mass is 10.1. The van der Waals surface area contributed by atoms with E-state index in [2.05, 4.69) is 25.5 Å². The Labute approximate surface area is 183 Å². The molecule has 0 spiro atoms. The van der Waals surface area contributed by atoms with Crippen LogP contribution in [0.3, 0.4) is 0 Å². The van der Waals surface area contributed by atoms with Crippen LogP contribution in [0, 0.1) is 17.0 Å². The topological polar surface area (TPSA) is 139 Å². The highest BCUT2D eigenvalue weighted by atomic mass is 32.2. The molecule has 1 aromatic heterocycles. The largest absolute Gasteiger partial charge is 0.354 e. The van der Waals surface area contributed by atoms with Crippen molar-refractivity contribution in [1.82, 2.24) is 14.8 Å². The van der Waals surface area contributed by atoms with Gasteiger partial charge in [-0.25, -0.2) is 18.4 Å². The number of hydrazine groups is 1. The summed E-state index contributed by atoms with van der Waals surface area (Å²) in [7, 11) is -3.98. The molecule has 3 N–H and O–H groups in total. The summed E-state index contributed by atoms with van der Waals surface area (Å²) in [5.41, 5.74) is 3.34. The number of nitrogens with one attached hydrogen (secondary N) is 3. The number of aryl methyl sites for hydroxylation is 1. The molecule has 0 aliphatic carbocycles. The molecule has 0 saturated carbocycles. The maximum atomic E-state index is 12.5. The molecule has 1 heterocycles. The van der Waals surface area contributed by atoms with Crippen molar-refractivity contribution in [3.05, 3.63) is 88.7 Å². The standard InChI is InChI=1S/C21H18N6O4S/c1-14-9-11-16(12-10-14)32(30,31)26-25-21-19(27(28)29)20(22-13-23-21)24-18-8-4-6-15-5-2-3-7-17(15)18/h2-13,26H,1H3,(H2,22,23,24,25). The molecule has 162 valence electrons. The number of benzene rings is 3. The lowest BCUT2D eigenvalue weighted by Gasteiger charge is -2.12. The summed E-state index contributed by atoms with van der Waals surface area (Å²) in [5, 5.41) is 16.5. The van der Waals surface area contributed by atoms with Crippen LogP contribution in [0.4, 0.5) is 23.0 Å². The number of nitrogens with zero attached hydrogens (tertiary/aromatic N) is 3. The number of nitro groups is 1. The summed E-state index contributed by atoms with van der Waals surface area (Å²) in [5.74, 6) is -0.387. The van der Waals surface area contributed by atoms with Crippen LogP contribution in [0.2, 0.25) is 0 Å². The Morgan fingerprint density at radius 2 is 1.59 bits per heavy atom. The first-order chi connectivity index (χ1) is 15.3. The minimum absolute atomic E-state index is 0.00131.